The van der Waals surface area contributed by atoms with Gasteiger partial charge in [0.2, 0.25) is 5.91 Å². The summed E-state index contributed by atoms with van der Waals surface area (Å²) >= 11 is 0. The number of rotatable bonds is 5. The van der Waals surface area contributed by atoms with Crippen LogP contribution in [0.1, 0.15) is 23.6 Å². The average Bonchev–Trinajstić information content (AvgIpc) is 2.47. The van der Waals surface area contributed by atoms with E-state index >= 15 is 0 Å². The minimum absolute atomic E-state index is 0.0434. The number of hydrogen-bond acceptors (Lipinski definition) is 4. The van der Waals surface area contributed by atoms with E-state index in [-0.39, 0.29) is 11.9 Å². The van der Waals surface area contributed by atoms with E-state index in [2.05, 4.69) is 22.3 Å². The van der Waals surface area contributed by atoms with E-state index in [0.29, 0.717) is 26.1 Å². The Morgan fingerprint density at radius 1 is 1.50 bits per heavy atom. The van der Waals surface area contributed by atoms with Crippen LogP contribution >= 0.6 is 0 Å². The lowest BCUT2D eigenvalue weighted by atomic mass is 9.92. The molecule has 20 heavy (non-hydrogen) atoms. The molecule has 1 aromatic rings. The van der Waals surface area contributed by atoms with Crippen molar-refractivity contribution in [2.45, 2.75) is 18.9 Å². The predicted octanol–water partition coefficient (Wildman–Crippen LogP) is 0.574. The van der Waals surface area contributed by atoms with Crippen LogP contribution in [0, 0.1) is 11.3 Å². The molecule has 1 heterocycles. The van der Waals surface area contributed by atoms with E-state index in [1.807, 2.05) is 18.2 Å². The lowest BCUT2D eigenvalue weighted by Gasteiger charge is -2.36. The van der Waals surface area contributed by atoms with Crippen molar-refractivity contribution < 1.29 is 4.79 Å². The summed E-state index contributed by atoms with van der Waals surface area (Å²) in [6, 6.07) is 10.4. The Morgan fingerprint density at radius 3 is 3.05 bits per heavy atom. The normalized spacial score (nSPS) is 18.1. The van der Waals surface area contributed by atoms with Crippen LogP contribution in [0.5, 0.6) is 0 Å². The minimum Gasteiger partial charge on any atom is -0.354 e. The van der Waals surface area contributed by atoms with E-state index in [9.17, 15) is 4.79 Å². The first-order valence-electron chi connectivity index (χ1n) is 6.92. The van der Waals surface area contributed by atoms with Crippen molar-refractivity contribution in [1.29, 1.82) is 5.26 Å². The summed E-state index contributed by atoms with van der Waals surface area (Å²) in [5.74, 6) is -0.0434. The topological polar surface area (TPSA) is 82.2 Å². The Hall–Kier alpha value is -1.90. The van der Waals surface area contributed by atoms with Gasteiger partial charge in [0.05, 0.1) is 19.0 Å². The monoisotopic (exact) mass is 272 g/mol. The Labute approximate surface area is 119 Å². The molecule has 5 heteroatoms. The van der Waals surface area contributed by atoms with Crippen molar-refractivity contribution in [3.05, 3.63) is 35.4 Å². The first-order valence-corrected chi connectivity index (χ1v) is 6.92. The number of fused-ring (bicyclic) bond motifs is 1. The molecule has 0 aliphatic carbocycles. The highest BCUT2D eigenvalue weighted by Gasteiger charge is 2.27. The second kappa shape index (κ2) is 7.04. The maximum Gasteiger partial charge on any atom is 0.234 e. The molecule has 0 aromatic heterocycles. The summed E-state index contributed by atoms with van der Waals surface area (Å²) < 4.78 is 0. The third kappa shape index (κ3) is 3.35. The molecular weight excluding hydrogens is 252 g/mol. The zero-order valence-corrected chi connectivity index (χ0v) is 11.5. The third-order valence-electron chi connectivity index (χ3n) is 3.65. The number of benzene rings is 1. The molecule has 0 saturated heterocycles. The van der Waals surface area contributed by atoms with Gasteiger partial charge in [-0.15, -0.1) is 0 Å². The van der Waals surface area contributed by atoms with Crippen LogP contribution in [-0.4, -0.2) is 37.0 Å². The van der Waals surface area contributed by atoms with Crippen LogP contribution in [0.15, 0.2) is 24.3 Å². The smallest absolute Gasteiger partial charge is 0.234 e. The first-order chi connectivity index (χ1) is 9.76. The van der Waals surface area contributed by atoms with Crippen molar-refractivity contribution >= 4 is 5.91 Å². The lowest BCUT2D eigenvalue weighted by Crippen LogP contribution is -2.45. The van der Waals surface area contributed by atoms with E-state index in [0.717, 1.165) is 13.0 Å². The molecule has 1 amide bonds. The third-order valence-corrected chi connectivity index (χ3v) is 3.65. The SMILES string of the molecule is N#CCCNC(=O)CN1CCc2ccccc2C1CN. The summed E-state index contributed by atoms with van der Waals surface area (Å²) in [7, 11) is 0. The molecule has 1 aliphatic heterocycles. The highest BCUT2D eigenvalue weighted by atomic mass is 16.2. The van der Waals surface area contributed by atoms with Gasteiger partial charge >= 0.3 is 0 Å². The van der Waals surface area contributed by atoms with Crippen molar-refractivity contribution in [2.24, 2.45) is 5.73 Å². The quantitative estimate of drug-likeness (QED) is 0.768. The molecule has 106 valence electrons. The number of nitriles is 1. The molecule has 2 rings (SSSR count). The first kappa shape index (κ1) is 14.5. The van der Waals surface area contributed by atoms with Crippen LogP contribution in [0.25, 0.3) is 0 Å². The van der Waals surface area contributed by atoms with Gasteiger partial charge in [-0.25, -0.2) is 0 Å². The summed E-state index contributed by atoms with van der Waals surface area (Å²) in [6.45, 7) is 2.09. The fourth-order valence-corrected chi connectivity index (χ4v) is 2.67. The second-order valence-corrected chi connectivity index (χ2v) is 4.93. The number of carbonyl (C=O) groups is 1. The number of nitrogens with one attached hydrogen (secondary N) is 1. The van der Waals surface area contributed by atoms with E-state index in [1.54, 1.807) is 0 Å². The standard InChI is InChI=1S/C15H20N4O/c16-7-3-8-18-15(20)11-19-9-6-12-4-1-2-5-13(12)14(19)10-17/h1-2,4-5,14H,3,6,8-11,17H2,(H,18,20). The number of nitrogens with two attached hydrogens (primary N) is 1. The van der Waals surface area contributed by atoms with Crippen molar-refractivity contribution in [3.63, 3.8) is 0 Å². The van der Waals surface area contributed by atoms with E-state index < -0.39 is 0 Å². The van der Waals surface area contributed by atoms with Gasteiger partial charge in [-0.3, -0.25) is 9.69 Å². The molecule has 1 unspecified atom stereocenters. The highest BCUT2D eigenvalue weighted by Crippen LogP contribution is 2.28. The predicted molar refractivity (Wildman–Crippen MR) is 76.8 cm³/mol. The van der Waals surface area contributed by atoms with Gasteiger partial charge in [0.15, 0.2) is 0 Å². The van der Waals surface area contributed by atoms with Gasteiger partial charge in [-0.2, -0.15) is 5.26 Å². The molecule has 0 spiro atoms. The van der Waals surface area contributed by atoms with Gasteiger partial charge in [0.25, 0.3) is 0 Å². The zero-order chi connectivity index (χ0) is 14.4. The molecule has 3 N–H and O–H groups in total. The zero-order valence-electron chi connectivity index (χ0n) is 11.5. The van der Waals surface area contributed by atoms with Gasteiger partial charge in [0, 0.05) is 25.7 Å². The van der Waals surface area contributed by atoms with Gasteiger partial charge < -0.3 is 11.1 Å². The summed E-state index contributed by atoms with van der Waals surface area (Å²) in [5, 5.41) is 11.2. The molecular formula is C15H20N4O. The Balaban J connectivity index is 1.99. The number of carbonyl (C=O) groups excluding carboxylic acids is 1. The van der Waals surface area contributed by atoms with Gasteiger partial charge in [-0.05, 0) is 17.5 Å². The molecule has 1 atom stereocenters. The largest absolute Gasteiger partial charge is 0.354 e. The molecule has 0 fully saturated rings. The lowest BCUT2D eigenvalue weighted by molar-refractivity contribution is -0.122. The summed E-state index contributed by atoms with van der Waals surface area (Å²) in [4.78, 5) is 14.0. The van der Waals surface area contributed by atoms with Crippen molar-refractivity contribution in [2.75, 3.05) is 26.2 Å². The molecule has 0 saturated carbocycles. The maximum absolute atomic E-state index is 11.9. The average molecular weight is 272 g/mol. The Bertz CT molecular complexity index is 509. The highest BCUT2D eigenvalue weighted by molar-refractivity contribution is 5.78. The van der Waals surface area contributed by atoms with Crippen LogP contribution in [0.2, 0.25) is 0 Å². The molecule has 5 nitrogen and oxygen atoms in total. The second-order valence-electron chi connectivity index (χ2n) is 4.93. The van der Waals surface area contributed by atoms with Crippen molar-refractivity contribution in [1.82, 2.24) is 10.2 Å². The summed E-state index contributed by atoms with van der Waals surface area (Å²) in [5.41, 5.74) is 8.44. The number of hydrogen-bond donors (Lipinski definition) is 2. The van der Waals surface area contributed by atoms with Crippen LogP contribution in [0.3, 0.4) is 0 Å². The van der Waals surface area contributed by atoms with Gasteiger partial charge in [0.1, 0.15) is 0 Å². The number of nitrogens with zero attached hydrogens (tertiary/aromatic N) is 2. The Kier molecular flexibility index (Phi) is 5.10. The fourth-order valence-electron chi connectivity index (χ4n) is 2.67. The maximum atomic E-state index is 11.9. The van der Waals surface area contributed by atoms with E-state index in [1.165, 1.54) is 11.1 Å². The van der Waals surface area contributed by atoms with Crippen LogP contribution < -0.4 is 11.1 Å². The Morgan fingerprint density at radius 2 is 2.30 bits per heavy atom. The van der Waals surface area contributed by atoms with Gasteiger partial charge in [-0.1, -0.05) is 24.3 Å². The molecule has 1 aromatic carbocycles. The van der Waals surface area contributed by atoms with Crippen LogP contribution in [0.4, 0.5) is 0 Å². The summed E-state index contributed by atoms with van der Waals surface area (Å²) in [6.07, 6.45) is 1.28. The van der Waals surface area contributed by atoms with E-state index in [4.69, 9.17) is 11.0 Å². The fraction of sp³-hybridized carbons (Fsp3) is 0.467. The number of amides is 1. The molecule has 0 bridgehead atoms. The minimum atomic E-state index is -0.0434. The molecule has 1 aliphatic rings. The molecule has 0 radical (unpaired) electrons. The van der Waals surface area contributed by atoms with Crippen molar-refractivity contribution in [3.8, 4) is 6.07 Å². The van der Waals surface area contributed by atoms with Crippen LogP contribution in [-0.2, 0) is 11.2 Å².